The summed E-state index contributed by atoms with van der Waals surface area (Å²) in [5.41, 5.74) is 13.2. The highest BCUT2D eigenvalue weighted by Crippen LogP contribution is 2.25. The first kappa shape index (κ1) is 18.9. The molecule has 4 rings (SSSR count). The molecule has 0 spiro atoms. The van der Waals surface area contributed by atoms with E-state index in [0.29, 0.717) is 17.3 Å². The molecule has 29 heavy (non-hydrogen) atoms. The first-order valence-electron chi connectivity index (χ1n) is 9.66. The van der Waals surface area contributed by atoms with Crippen LogP contribution in [0.3, 0.4) is 0 Å². The highest BCUT2D eigenvalue weighted by atomic mass is 16.1. The molecule has 0 aliphatic heterocycles. The molecule has 9 nitrogen and oxygen atoms in total. The Bertz CT molecular complexity index is 987. The Morgan fingerprint density at radius 3 is 2.79 bits per heavy atom. The summed E-state index contributed by atoms with van der Waals surface area (Å²) in [7, 11) is 0. The second kappa shape index (κ2) is 8.27. The van der Waals surface area contributed by atoms with E-state index in [2.05, 4.69) is 25.7 Å². The summed E-state index contributed by atoms with van der Waals surface area (Å²) in [4.78, 5) is 20.3. The third kappa shape index (κ3) is 4.35. The predicted octanol–water partition coefficient (Wildman–Crippen LogP) is 2.19. The average Bonchev–Trinajstić information content (AvgIpc) is 3.19. The van der Waals surface area contributed by atoms with Crippen LogP contribution in [0, 0.1) is 0 Å². The van der Waals surface area contributed by atoms with Crippen molar-refractivity contribution >= 4 is 23.1 Å². The molecule has 1 aliphatic rings. The van der Waals surface area contributed by atoms with Crippen molar-refractivity contribution in [2.24, 2.45) is 11.5 Å². The van der Waals surface area contributed by atoms with E-state index >= 15 is 0 Å². The highest BCUT2D eigenvalue weighted by Gasteiger charge is 2.22. The number of primary amides is 1. The molecule has 1 amide bonds. The van der Waals surface area contributed by atoms with Gasteiger partial charge in [-0.15, -0.1) is 5.10 Å². The van der Waals surface area contributed by atoms with E-state index in [9.17, 15) is 4.79 Å². The van der Waals surface area contributed by atoms with Crippen molar-refractivity contribution in [1.82, 2.24) is 19.7 Å². The van der Waals surface area contributed by atoms with E-state index in [1.165, 1.54) is 0 Å². The Morgan fingerprint density at radius 1 is 1.17 bits per heavy atom. The highest BCUT2D eigenvalue weighted by molar-refractivity contribution is 5.97. The Labute approximate surface area is 168 Å². The summed E-state index contributed by atoms with van der Waals surface area (Å²) < 4.78 is 1.64. The predicted molar refractivity (Wildman–Crippen MR) is 111 cm³/mol. The van der Waals surface area contributed by atoms with Crippen molar-refractivity contribution < 1.29 is 4.79 Å². The van der Waals surface area contributed by atoms with Gasteiger partial charge in [0.25, 0.3) is 5.91 Å². The summed E-state index contributed by atoms with van der Waals surface area (Å²) in [5.74, 6) is 0.625. The molecule has 150 valence electrons. The Kier molecular flexibility index (Phi) is 5.39. The van der Waals surface area contributed by atoms with Gasteiger partial charge in [0.05, 0.1) is 17.6 Å². The van der Waals surface area contributed by atoms with Gasteiger partial charge in [-0.3, -0.25) is 4.79 Å². The molecule has 2 atom stereocenters. The number of anilines is 3. The minimum Gasteiger partial charge on any atom is -0.379 e. The molecule has 3 heterocycles. The third-order valence-corrected chi connectivity index (χ3v) is 5.03. The van der Waals surface area contributed by atoms with E-state index in [1.54, 1.807) is 29.3 Å². The SMILES string of the molecule is NC(=O)c1ncc(N[C@@H]2CCCC[C@@H]2N)cc1Nc1ccn(-c2ccccn2)n1. The molecule has 6 N–H and O–H groups in total. The molecule has 1 aliphatic carbocycles. The van der Waals surface area contributed by atoms with Gasteiger partial charge in [0, 0.05) is 30.5 Å². The molecule has 1 saturated carbocycles. The van der Waals surface area contributed by atoms with Crippen LogP contribution in [0.1, 0.15) is 36.2 Å². The number of pyridine rings is 2. The molecule has 0 saturated heterocycles. The number of hydrogen-bond acceptors (Lipinski definition) is 7. The maximum atomic E-state index is 11.8. The summed E-state index contributed by atoms with van der Waals surface area (Å²) >= 11 is 0. The zero-order chi connectivity index (χ0) is 20.2. The van der Waals surface area contributed by atoms with E-state index < -0.39 is 5.91 Å². The molecule has 1 fully saturated rings. The van der Waals surface area contributed by atoms with Crippen LogP contribution in [0.25, 0.3) is 5.82 Å². The summed E-state index contributed by atoms with van der Waals surface area (Å²) in [6, 6.07) is 9.47. The zero-order valence-electron chi connectivity index (χ0n) is 16.0. The van der Waals surface area contributed by atoms with Gasteiger partial charge in [-0.25, -0.2) is 14.6 Å². The van der Waals surface area contributed by atoms with E-state index in [4.69, 9.17) is 11.5 Å². The first-order chi connectivity index (χ1) is 14.1. The van der Waals surface area contributed by atoms with Crippen molar-refractivity contribution in [1.29, 1.82) is 0 Å². The fraction of sp³-hybridized carbons (Fsp3) is 0.300. The van der Waals surface area contributed by atoms with Crippen LogP contribution >= 0.6 is 0 Å². The number of carbonyl (C=O) groups is 1. The molecular formula is C20H24N8O. The van der Waals surface area contributed by atoms with E-state index in [1.807, 2.05) is 24.3 Å². The fourth-order valence-electron chi connectivity index (χ4n) is 3.53. The van der Waals surface area contributed by atoms with Gasteiger partial charge in [-0.05, 0) is 31.0 Å². The lowest BCUT2D eigenvalue weighted by Gasteiger charge is -2.30. The van der Waals surface area contributed by atoms with Gasteiger partial charge < -0.3 is 22.1 Å². The number of rotatable bonds is 6. The van der Waals surface area contributed by atoms with Crippen LogP contribution in [0.2, 0.25) is 0 Å². The monoisotopic (exact) mass is 392 g/mol. The number of aromatic nitrogens is 4. The van der Waals surface area contributed by atoms with Crippen LogP contribution in [-0.2, 0) is 0 Å². The zero-order valence-corrected chi connectivity index (χ0v) is 16.0. The van der Waals surface area contributed by atoms with E-state index in [0.717, 1.165) is 31.4 Å². The molecule has 0 bridgehead atoms. The molecule has 9 heteroatoms. The number of amides is 1. The molecule has 3 aromatic rings. The topological polar surface area (TPSA) is 137 Å². The second-order valence-corrected chi connectivity index (χ2v) is 7.14. The van der Waals surface area contributed by atoms with E-state index in [-0.39, 0.29) is 17.8 Å². The second-order valence-electron chi connectivity index (χ2n) is 7.14. The number of nitrogens with one attached hydrogen (secondary N) is 2. The summed E-state index contributed by atoms with van der Waals surface area (Å²) in [6.07, 6.45) is 9.41. The van der Waals surface area contributed by atoms with Gasteiger partial charge in [0.2, 0.25) is 0 Å². The van der Waals surface area contributed by atoms with Crippen LogP contribution in [0.4, 0.5) is 17.2 Å². The van der Waals surface area contributed by atoms with Crippen molar-refractivity contribution in [3.05, 3.63) is 54.6 Å². The Morgan fingerprint density at radius 2 is 2.03 bits per heavy atom. The van der Waals surface area contributed by atoms with Crippen LogP contribution in [-0.4, -0.2) is 37.7 Å². The third-order valence-electron chi connectivity index (χ3n) is 5.03. The van der Waals surface area contributed by atoms with Gasteiger partial charge in [0.1, 0.15) is 0 Å². The Balaban J connectivity index is 1.57. The van der Waals surface area contributed by atoms with Crippen LogP contribution in [0.15, 0.2) is 48.9 Å². The first-order valence-corrected chi connectivity index (χ1v) is 9.66. The van der Waals surface area contributed by atoms with Gasteiger partial charge in [0.15, 0.2) is 17.3 Å². The van der Waals surface area contributed by atoms with Gasteiger partial charge in [-0.1, -0.05) is 18.9 Å². The number of nitrogens with zero attached hydrogens (tertiary/aromatic N) is 4. The number of hydrogen-bond donors (Lipinski definition) is 4. The van der Waals surface area contributed by atoms with Crippen molar-refractivity contribution in [3.8, 4) is 5.82 Å². The quantitative estimate of drug-likeness (QED) is 0.504. The lowest BCUT2D eigenvalue weighted by atomic mass is 9.91. The lowest BCUT2D eigenvalue weighted by Crippen LogP contribution is -2.42. The van der Waals surface area contributed by atoms with Crippen molar-refractivity contribution in [2.45, 2.75) is 37.8 Å². The van der Waals surface area contributed by atoms with Gasteiger partial charge >= 0.3 is 0 Å². The maximum Gasteiger partial charge on any atom is 0.269 e. The normalized spacial score (nSPS) is 18.9. The standard InChI is InChI=1S/C20H24N8O/c21-14-5-1-2-6-15(14)25-13-11-16(19(20(22)29)24-12-13)26-17-8-10-28(27-17)18-7-3-4-9-23-18/h3-4,7-12,14-15,25H,1-2,5-6,21H2,(H2,22,29)(H,26,27)/t14-,15+/m0/s1. The largest absolute Gasteiger partial charge is 0.379 e. The Hall–Kier alpha value is -3.46. The molecule has 0 aromatic carbocycles. The molecular weight excluding hydrogens is 368 g/mol. The molecule has 0 radical (unpaired) electrons. The van der Waals surface area contributed by atoms with Crippen LogP contribution < -0.4 is 22.1 Å². The van der Waals surface area contributed by atoms with Crippen LogP contribution in [0.5, 0.6) is 0 Å². The summed E-state index contributed by atoms with van der Waals surface area (Å²) in [5, 5.41) is 11.0. The molecule has 0 unspecified atom stereocenters. The summed E-state index contributed by atoms with van der Waals surface area (Å²) in [6.45, 7) is 0. The average molecular weight is 392 g/mol. The number of nitrogens with two attached hydrogens (primary N) is 2. The number of carbonyl (C=O) groups excluding carboxylic acids is 1. The minimum absolute atomic E-state index is 0.102. The molecule has 3 aromatic heterocycles. The smallest absolute Gasteiger partial charge is 0.269 e. The lowest BCUT2D eigenvalue weighted by molar-refractivity contribution is 0.0996. The van der Waals surface area contributed by atoms with Gasteiger partial charge in [-0.2, -0.15) is 0 Å². The fourth-order valence-corrected chi connectivity index (χ4v) is 3.53. The minimum atomic E-state index is -0.613. The maximum absolute atomic E-state index is 11.8. The van der Waals surface area contributed by atoms with Crippen molar-refractivity contribution in [2.75, 3.05) is 10.6 Å². The van der Waals surface area contributed by atoms with Crippen molar-refractivity contribution in [3.63, 3.8) is 0 Å².